The first-order valence-corrected chi connectivity index (χ1v) is 5.93. The van der Waals surface area contributed by atoms with Gasteiger partial charge in [-0.25, -0.2) is 4.39 Å². The molecule has 0 aromatic heterocycles. The summed E-state index contributed by atoms with van der Waals surface area (Å²) in [6.45, 7) is 0. The van der Waals surface area contributed by atoms with Crippen molar-refractivity contribution in [3.63, 3.8) is 0 Å². The number of halogens is 4. The number of nitrogens with two attached hydrogens (primary N) is 1. The molecule has 2 N–H and O–H groups in total. The van der Waals surface area contributed by atoms with Gasteiger partial charge in [0.1, 0.15) is 5.67 Å². The minimum atomic E-state index is -4.43. The third kappa shape index (κ3) is 2.66. The summed E-state index contributed by atoms with van der Waals surface area (Å²) in [6.07, 6.45) is -3.04. The van der Waals surface area contributed by atoms with Gasteiger partial charge in [0, 0.05) is 6.04 Å². The Morgan fingerprint density at radius 2 is 1.78 bits per heavy atom. The van der Waals surface area contributed by atoms with E-state index in [0.29, 0.717) is 12.8 Å². The van der Waals surface area contributed by atoms with Crippen molar-refractivity contribution in [3.8, 4) is 0 Å². The first kappa shape index (κ1) is 13.3. The van der Waals surface area contributed by atoms with E-state index in [2.05, 4.69) is 0 Å². The second-order valence-electron chi connectivity index (χ2n) is 4.88. The largest absolute Gasteiger partial charge is 0.416 e. The Balaban J connectivity index is 2.28. The summed E-state index contributed by atoms with van der Waals surface area (Å²) in [5.74, 6) is 0. The van der Waals surface area contributed by atoms with Crippen molar-refractivity contribution < 1.29 is 17.6 Å². The van der Waals surface area contributed by atoms with Crippen LogP contribution in [0.4, 0.5) is 17.6 Å². The zero-order valence-electron chi connectivity index (χ0n) is 9.80. The molecule has 0 heterocycles. The number of hydrogen-bond acceptors (Lipinski definition) is 1. The zero-order chi connectivity index (χ0) is 13.4. The van der Waals surface area contributed by atoms with Gasteiger partial charge in [0.2, 0.25) is 0 Å². The maximum atomic E-state index is 14.6. The lowest BCUT2D eigenvalue weighted by Crippen LogP contribution is -2.34. The first-order chi connectivity index (χ1) is 8.31. The van der Waals surface area contributed by atoms with Crippen molar-refractivity contribution in [2.45, 2.75) is 43.6 Å². The molecule has 0 atom stereocenters. The molecular weight excluding hydrogens is 246 g/mol. The van der Waals surface area contributed by atoms with Gasteiger partial charge in [-0.1, -0.05) is 12.1 Å². The maximum Gasteiger partial charge on any atom is 0.416 e. The predicted molar refractivity (Wildman–Crippen MR) is 60.7 cm³/mol. The van der Waals surface area contributed by atoms with Gasteiger partial charge in [0.05, 0.1) is 5.56 Å². The van der Waals surface area contributed by atoms with E-state index in [1.165, 1.54) is 12.1 Å². The van der Waals surface area contributed by atoms with Crippen LogP contribution in [0, 0.1) is 0 Å². The average molecular weight is 261 g/mol. The minimum absolute atomic E-state index is 0.0420. The van der Waals surface area contributed by atoms with Crippen molar-refractivity contribution in [3.05, 3.63) is 35.4 Å². The van der Waals surface area contributed by atoms with Gasteiger partial charge < -0.3 is 5.73 Å². The lowest BCUT2D eigenvalue weighted by Gasteiger charge is -2.33. The van der Waals surface area contributed by atoms with E-state index in [-0.39, 0.29) is 24.4 Å². The SMILES string of the molecule is NC1CCC(F)(c2cccc(C(F)(F)F)c2)CC1. The van der Waals surface area contributed by atoms with E-state index in [1.54, 1.807) is 0 Å². The molecule has 100 valence electrons. The zero-order valence-corrected chi connectivity index (χ0v) is 9.80. The monoisotopic (exact) mass is 261 g/mol. The molecule has 0 spiro atoms. The van der Waals surface area contributed by atoms with Crippen molar-refractivity contribution >= 4 is 0 Å². The van der Waals surface area contributed by atoms with Gasteiger partial charge in [0.25, 0.3) is 0 Å². The van der Waals surface area contributed by atoms with Crippen molar-refractivity contribution in [2.24, 2.45) is 5.73 Å². The predicted octanol–water partition coefficient (Wildman–Crippen LogP) is 3.77. The van der Waals surface area contributed by atoms with E-state index >= 15 is 0 Å². The highest BCUT2D eigenvalue weighted by molar-refractivity contribution is 5.30. The van der Waals surface area contributed by atoms with Gasteiger partial charge in [-0.2, -0.15) is 13.2 Å². The molecule has 0 bridgehead atoms. The van der Waals surface area contributed by atoms with Gasteiger partial charge in [-0.05, 0) is 43.4 Å². The van der Waals surface area contributed by atoms with Crippen LogP contribution in [0.15, 0.2) is 24.3 Å². The van der Waals surface area contributed by atoms with Gasteiger partial charge in [-0.3, -0.25) is 0 Å². The molecular formula is C13H15F4N. The summed E-state index contributed by atoms with van der Waals surface area (Å²) in [7, 11) is 0. The molecule has 0 aliphatic heterocycles. The number of benzene rings is 1. The van der Waals surface area contributed by atoms with Gasteiger partial charge in [0.15, 0.2) is 0 Å². The Labute approximate surface area is 103 Å². The fraction of sp³-hybridized carbons (Fsp3) is 0.538. The fourth-order valence-electron chi connectivity index (χ4n) is 2.36. The molecule has 1 nitrogen and oxygen atoms in total. The Morgan fingerprint density at radius 1 is 1.17 bits per heavy atom. The molecule has 1 aromatic rings. The van der Waals surface area contributed by atoms with Crippen LogP contribution in [0.2, 0.25) is 0 Å². The summed E-state index contributed by atoms with van der Waals surface area (Å²) < 4.78 is 52.4. The van der Waals surface area contributed by atoms with Crippen LogP contribution in [0.3, 0.4) is 0 Å². The molecule has 1 aromatic carbocycles. The van der Waals surface area contributed by atoms with Crippen molar-refractivity contribution in [1.82, 2.24) is 0 Å². The molecule has 1 saturated carbocycles. The molecule has 2 rings (SSSR count). The quantitative estimate of drug-likeness (QED) is 0.765. The molecule has 0 saturated heterocycles. The Kier molecular flexibility index (Phi) is 3.36. The molecule has 1 aliphatic rings. The first-order valence-electron chi connectivity index (χ1n) is 5.93. The highest BCUT2D eigenvalue weighted by atomic mass is 19.4. The Hall–Kier alpha value is -1.10. The summed E-state index contributed by atoms with van der Waals surface area (Å²) >= 11 is 0. The highest BCUT2D eigenvalue weighted by Crippen LogP contribution is 2.42. The molecule has 1 aliphatic carbocycles. The average Bonchev–Trinajstić information content (AvgIpc) is 2.32. The number of alkyl halides is 4. The van der Waals surface area contributed by atoms with Crippen LogP contribution in [-0.2, 0) is 11.8 Å². The Morgan fingerprint density at radius 3 is 2.33 bits per heavy atom. The van der Waals surface area contributed by atoms with Crippen LogP contribution in [0.1, 0.15) is 36.8 Å². The van der Waals surface area contributed by atoms with Crippen molar-refractivity contribution in [2.75, 3.05) is 0 Å². The van der Waals surface area contributed by atoms with E-state index in [0.717, 1.165) is 12.1 Å². The molecule has 0 amide bonds. The molecule has 0 radical (unpaired) electrons. The second kappa shape index (κ2) is 4.53. The van der Waals surface area contributed by atoms with Crippen LogP contribution in [0.5, 0.6) is 0 Å². The third-order valence-corrected chi connectivity index (χ3v) is 3.53. The lowest BCUT2D eigenvalue weighted by molar-refractivity contribution is -0.137. The third-order valence-electron chi connectivity index (χ3n) is 3.53. The topological polar surface area (TPSA) is 26.0 Å². The smallest absolute Gasteiger partial charge is 0.328 e. The minimum Gasteiger partial charge on any atom is -0.328 e. The molecule has 1 fully saturated rings. The lowest BCUT2D eigenvalue weighted by atomic mass is 9.79. The summed E-state index contributed by atoms with van der Waals surface area (Å²) in [5, 5.41) is 0. The highest BCUT2D eigenvalue weighted by Gasteiger charge is 2.38. The standard InChI is InChI=1S/C13H15F4N/c14-12(6-4-11(18)5-7-12)9-2-1-3-10(8-9)13(15,16)17/h1-3,8,11H,4-7,18H2. The van der Waals surface area contributed by atoms with E-state index in [1.807, 2.05) is 0 Å². The molecule has 5 heteroatoms. The van der Waals surface area contributed by atoms with E-state index < -0.39 is 17.4 Å². The maximum absolute atomic E-state index is 14.6. The summed E-state index contributed by atoms with van der Waals surface area (Å²) in [6, 6.07) is 4.51. The second-order valence-corrected chi connectivity index (χ2v) is 4.88. The number of hydrogen-bond donors (Lipinski definition) is 1. The van der Waals surface area contributed by atoms with Gasteiger partial charge in [-0.15, -0.1) is 0 Å². The molecule has 18 heavy (non-hydrogen) atoms. The van der Waals surface area contributed by atoms with Crippen LogP contribution >= 0.6 is 0 Å². The number of rotatable bonds is 1. The van der Waals surface area contributed by atoms with E-state index in [4.69, 9.17) is 5.73 Å². The van der Waals surface area contributed by atoms with Crippen LogP contribution in [0.25, 0.3) is 0 Å². The summed E-state index contributed by atoms with van der Waals surface area (Å²) in [5.41, 5.74) is 3.33. The van der Waals surface area contributed by atoms with Crippen molar-refractivity contribution in [1.29, 1.82) is 0 Å². The van der Waals surface area contributed by atoms with Gasteiger partial charge >= 0.3 is 6.18 Å². The molecule has 0 unspecified atom stereocenters. The van der Waals surface area contributed by atoms with Crippen LogP contribution in [-0.4, -0.2) is 6.04 Å². The van der Waals surface area contributed by atoms with Crippen LogP contribution < -0.4 is 5.73 Å². The fourth-order valence-corrected chi connectivity index (χ4v) is 2.36. The Bertz CT molecular complexity index is 419. The summed E-state index contributed by atoms with van der Waals surface area (Å²) in [4.78, 5) is 0. The normalized spacial score (nSPS) is 29.3. The van der Waals surface area contributed by atoms with E-state index in [9.17, 15) is 17.6 Å².